The number of nitrogens with two attached hydrogens (primary N) is 3. The maximum Gasteiger partial charge on any atom is 0.153 e. The van der Waals surface area contributed by atoms with E-state index in [9.17, 15) is 0 Å². The average Bonchev–Trinajstić information content (AvgIpc) is 2.40. The highest BCUT2D eigenvalue weighted by molar-refractivity contribution is 14.1. The van der Waals surface area contributed by atoms with Gasteiger partial charge in [0.15, 0.2) is 5.82 Å². The topological polar surface area (TPSA) is 116 Å². The van der Waals surface area contributed by atoms with E-state index < -0.39 is 0 Å². The first-order valence-corrected chi connectivity index (χ1v) is 6.94. The van der Waals surface area contributed by atoms with Crippen LogP contribution >= 0.6 is 35.0 Å². The Morgan fingerprint density at radius 3 is 2.15 bits per heavy atom. The summed E-state index contributed by atoms with van der Waals surface area (Å²) in [4.78, 5) is 3.89. The van der Waals surface area contributed by atoms with Gasteiger partial charge in [-0.25, -0.2) is 4.98 Å². The fraction of sp³-hybridized carbons (Fsp3) is 0.0833. The fourth-order valence-corrected chi connectivity index (χ4v) is 1.17. The molecule has 6 nitrogen and oxygen atoms in total. The molecular weight excluding hydrogens is 391 g/mol. The molecule has 0 aliphatic heterocycles. The Balaban J connectivity index is 0.000000830. The Bertz CT molecular complexity index is 535. The third kappa shape index (κ3) is 6.64. The number of nitrogen functional groups attached to an aromatic ring is 2. The summed E-state index contributed by atoms with van der Waals surface area (Å²) in [7, 11) is 0. The summed E-state index contributed by atoms with van der Waals surface area (Å²) < 4.78 is 0.720. The molecule has 0 amide bonds. The summed E-state index contributed by atoms with van der Waals surface area (Å²) in [5, 5.41) is 8.03. The normalized spacial score (nSPS) is 9.50. The van der Waals surface area contributed by atoms with Crippen LogP contribution in [0, 0.1) is 0 Å². The van der Waals surface area contributed by atoms with E-state index in [-0.39, 0.29) is 18.2 Å². The molecule has 1 aromatic carbocycles. The van der Waals surface area contributed by atoms with Crippen molar-refractivity contribution in [3.63, 3.8) is 0 Å². The van der Waals surface area contributed by atoms with Gasteiger partial charge in [-0.15, -0.1) is 17.5 Å². The van der Waals surface area contributed by atoms with Crippen molar-refractivity contribution in [1.82, 2.24) is 4.98 Å². The van der Waals surface area contributed by atoms with Crippen molar-refractivity contribution in [3.8, 4) is 0 Å². The van der Waals surface area contributed by atoms with Crippen LogP contribution < -0.4 is 17.2 Å². The van der Waals surface area contributed by atoms with E-state index in [0.717, 1.165) is 10.2 Å². The Hall–Kier alpha value is -1.45. The van der Waals surface area contributed by atoms with Gasteiger partial charge in [0.05, 0.1) is 5.69 Å². The number of alkyl halides is 1. The largest absolute Gasteiger partial charge is 0.384 e. The molecule has 2 rings (SSSR count). The average molecular weight is 407 g/mol. The monoisotopic (exact) mass is 406 g/mol. The van der Waals surface area contributed by atoms with Gasteiger partial charge >= 0.3 is 0 Å². The number of hydrogen-bond donors (Lipinski definition) is 3. The number of rotatable bonds is 2. The van der Waals surface area contributed by atoms with E-state index >= 15 is 0 Å². The fourth-order valence-electron chi connectivity index (χ4n) is 1.17. The van der Waals surface area contributed by atoms with Gasteiger partial charge < -0.3 is 17.2 Å². The molecule has 108 valence electrons. The van der Waals surface area contributed by atoms with Gasteiger partial charge in [0.25, 0.3) is 0 Å². The van der Waals surface area contributed by atoms with Crippen molar-refractivity contribution in [1.29, 1.82) is 0 Å². The summed E-state index contributed by atoms with van der Waals surface area (Å²) in [6, 6.07) is 12.7. The van der Waals surface area contributed by atoms with Gasteiger partial charge in [-0.05, 0) is 24.3 Å². The third-order valence-electron chi connectivity index (χ3n) is 1.95. The van der Waals surface area contributed by atoms with Gasteiger partial charge in [0.2, 0.25) is 0 Å². The molecule has 0 radical (unpaired) electrons. The van der Waals surface area contributed by atoms with Crippen molar-refractivity contribution < 1.29 is 0 Å². The minimum atomic E-state index is 0. The summed E-state index contributed by atoms with van der Waals surface area (Å²) in [5.41, 5.74) is 17.2. The van der Waals surface area contributed by atoms with Gasteiger partial charge in [-0.1, -0.05) is 40.8 Å². The van der Waals surface area contributed by atoms with Crippen molar-refractivity contribution in [2.75, 3.05) is 16.0 Å². The van der Waals surface area contributed by atoms with Crippen LogP contribution in [0.4, 0.5) is 23.0 Å². The lowest BCUT2D eigenvalue weighted by Gasteiger charge is -1.98. The molecular formula is C12H16ClIN6. The van der Waals surface area contributed by atoms with Crippen molar-refractivity contribution >= 4 is 58.0 Å². The molecule has 0 unspecified atom stereocenters. The molecule has 1 aromatic heterocycles. The van der Waals surface area contributed by atoms with E-state index in [1.54, 1.807) is 12.1 Å². The molecule has 0 atom stereocenters. The molecule has 20 heavy (non-hydrogen) atoms. The van der Waals surface area contributed by atoms with Gasteiger partial charge in [0, 0.05) is 4.55 Å². The molecule has 1 heterocycles. The van der Waals surface area contributed by atoms with Crippen molar-refractivity contribution in [2.24, 2.45) is 16.0 Å². The van der Waals surface area contributed by atoms with Gasteiger partial charge in [-0.2, -0.15) is 5.11 Å². The van der Waals surface area contributed by atoms with Crippen LogP contribution in [0.25, 0.3) is 0 Å². The van der Waals surface area contributed by atoms with Gasteiger partial charge in [0.1, 0.15) is 11.5 Å². The van der Waals surface area contributed by atoms with Crippen molar-refractivity contribution in [3.05, 3.63) is 42.5 Å². The summed E-state index contributed by atoms with van der Waals surface area (Å²) in [6.07, 6.45) is 0. The van der Waals surface area contributed by atoms with Crippen LogP contribution in [0.2, 0.25) is 0 Å². The van der Waals surface area contributed by atoms with Crippen LogP contribution in [0.1, 0.15) is 0 Å². The number of pyridine rings is 1. The van der Waals surface area contributed by atoms with Crippen LogP contribution in [-0.2, 0) is 0 Å². The van der Waals surface area contributed by atoms with Crippen LogP contribution in [-0.4, -0.2) is 9.54 Å². The number of nitrogens with zero attached hydrogens (tertiary/aromatic N) is 3. The molecule has 0 bridgehead atoms. The van der Waals surface area contributed by atoms with E-state index in [2.05, 4.69) is 37.8 Å². The summed E-state index contributed by atoms with van der Waals surface area (Å²) >= 11 is 2.07. The summed E-state index contributed by atoms with van der Waals surface area (Å²) in [5.74, 6) is 0.649. The second-order valence-electron chi connectivity index (χ2n) is 3.33. The summed E-state index contributed by atoms with van der Waals surface area (Å²) in [6.45, 7) is 0. The zero-order valence-electron chi connectivity index (χ0n) is 10.6. The zero-order valence-corrected chi connectivity index (χ0v) is 13.6. The number of halogens is 2. The van der Waals surface area contributed by atoms with E-state index in [0.29, 0.717) is 11.5 Å². The Morgan fingerprint density at radius 1 is 1.00 bits per heavy atom. The first-order valence-electron chi connectivity index (χ1n) is 5.42. The van der Waals surface area contributed by atoms with Crippen molar-refractivity contribution in [2.45, 2.75) is 0 Å². The maximum atomic E-state index is 5.64. The van der Waals surface area contributed by atoms with Crippen LogP contribution in [0.3, 0.4) is 0 Å². The highest BCUT2D eigenvalue weighted by atomic mass is 127. The lowest BCUT2D eigenvalue weighted by molar-refractivity contribution is 1.21. The Morgan fingerprint density at radius 2 is 1.60 bits per heavy atom. The van der Waals surface area contributed by atoms with Gasteiger partial charge in [-0.3, -0.25) is 0 Å². The number of hydrogen-bond acceptors (Lipinski definition) is 6. The molecule has 0 saturated heterocycles. The number of anilines is 2. The molecule has 0 aliphatic carbocycles. The number of aromatic nitrogens is 1. The standard InChI is InChI=1S/C11H11N5.CH4IN.ClH/c12-10-7-6-9(11(13)14-10)16-15-8-4-2-1-3-5-8;2-1-3;/h1-7H,(H4,12,13,14);1,3H2;1H/b16-15+;;. The third-order valence-corrected chi connectivity index (χ3v) is 1.95. The molecule has 0 fully saturated rings. The van der Waals surface area contributed by atoms with E-state index in [4.69, 9.17) is 17.2 Å². The van der Waals surface area contributed by atoms with Crippen LogP contribution in [0.15, 0.2) is 52.7 Å². The number of benzene rings is 1. The quantitative estimate of drug-likeness (QED) is 0.307. The Kier molecular flexibility index (Phi) is 9.60. The van der Waals surface area contributed by atoms with E-state index in [1.807, 2.05) is 30.3 Å². The maximum absolute atomic E-state index is 5.64. The minimum absolute atomic E-state index is 0. The number of azo groups is 1. The molecule has 2 aromatic rings. The first-order chi connectivity index (χ1) is 9.17. The highest BCUT2D eigenvalue weighted by Crippen LogP contribution is 2.23. The molecule has 0 spiro atoms. The predicted octanol–water partition coefficient (Wildman–Crippen LogP) is 3.42. The second kappa shape index (κ2) is 10.4. The predicted molar refractivity (Wildman–Crippen MR) is 94.0 cm³/mol. The second-order valence-corrected chi connectivity index (χ2v) is 4.21. The van der Waals surface area contributed by atoms with Crippen LogP contribution in [0.5, 0.6) is 0 Å². The first kappa shape index (κ1) is 18.6. The smallest absolute Gasteiger partial charge is 0.153 e. The SMILES string of the molecule is Cl.NCI.Nc1ccc(/N=N/c2ccccc2)c(N)n1. The molecule has 8 heteroatoms. The lowest BCUT2D eigenvalue weighted by Crippen LogP contribution is -1.95. The van der Waals surface area contributed by atoms with E-state index in [1.165, 1.54) is 0 Å². The minimum Gasteiger partial charge on any atom is -0.384 e. The molecule has 0 saturated carbocycles. The molecule has 0 aliphatic rings. The Labute approximate surface area is 137 Å². The molecule has 6 N–H and O–H groups in total. The zero-order chi connectivity index (χ0) is 14.1. The highest BCUT2D eigenvalue weighted by Gasteiger charge is 1.98. The lowest BCUT2D eigenvalue weighted by atomic mass is 10.3.